The quantitative estimate of drug-likeness (QED) is 0.623. The van der Waals surface area contributed by atoms with E-state index in [0.717, 1.165) is 0 Å². The van der Waals surface area contributed by atoms with Crippen LogP contribution < -0.4 is 0 Å². The molecule has 21 heavy (non-hydrogen) atoms. The molecule has 0 atom stereocenters. The SMILES string of the molecule is Cc1ccc(-c2ccccc2)cc1-c1cc(C(C)C)c[nH]1. The van der Waals surface area contributed by atoms with Crippen molar-refractivity contribution in [2.75, 3.05) is 0 Å². The first kappa shape index (κ1) is 13.7. The van der Waals surface area contributed by atoms with Crippen molar-refractivity contribution in [3.63, 3.8) is 0 Å². The zero-order valence-corrected chi connectivity index (χ0v) is 12.9. The standard InChI is InChI=1S/C20H21N/c1-14(2)18-12-20(21-13-18)19-11-17(10-9-15(19)3)16-7-5-4-6-8-16/h4-14,21H,1-3H3. The lowest BCUT2D eigenvalue weighted by Crippen LogP contribution is -1.86. The molecule has 0 unspecified atom stereocenters. The van der Waals surface area contributed by atoms with Gasteiger partial charge < -0.3 is 4.98 Å². The van der Waals surface area contributed by atoms with Crippen molar-refractivity contribution < 1.29 is 0 Å². The number of hydrogen-bond donors (Lipinski definition) is 1. The van der Waals surface area contributed by atoms with Crippen LogP contribution in [0.1, 0.15) is 30.9 Å². The van der Waals surface area contributed by atoms with E-state index >= 15 is 0 Å². The number of aryl methyl sites for hydroxylation is 1. The number of H-pyrrole nitrogens is 1. The van der Waals surface area contributed by atoms with Gasteiger partial charge in [-0.05, 0) is 47.2 Å². The van der Waals surface area contributed by atoms with Crippen LogP contribution in [0, 0.1) is 6.92 Å². The highest BCUT2D eigenvalue weighted by Gasteiger charge is 2.09. The van der Waals surface area contributed by atoms with Gasteiger partial charge in [-0.15, -0.1) is 0 Å². The third-order valence-electron chi connectivity index (χ3n) is 4.01. The van der Waals surface area contributed by atoms with Gasteiger partial charge in [-0.3, -0.25) is 0 Å². The first-order valence-corrected chi connectivity index (χ1v) is 7.50. The monoisotopic (exact) mass is 275 g/mol. The lowest BCUT2D eigenvalue weighted by Gasteiger charge is -2.08. The van der Waals surface area contributed by atoms with E-state index in [0.29, 0.717) is 5.92 Å². The molecule has 106 valence electrons. The highest BCUT2D eigenvalue weighted by atomic mass is 14.7. The smallest absolute Gasteiger partial charge is 0.0459 e. The van der Waals surface area contributed by atoms with E-state index in [9.17, 15) is 0 Å². The molecule has 0 spiro atoms. The molecule has 0 fully saturated rings. The summed E-state index contributed by atoms with van der Waals surface area (Å²) in [6, 6.07) is 19.5. The number of rotatable bonds is 3. The summed E-state index contributed by atoms with van der Waals surface area (Å²) < 4.78 is 0. The van der Waals surface area contributed by atoms with E-state index in [1.165, 1.54) is 33.5 Å². The van der Waals surface area contributed by atoms with E-state index in [2.05, 4.69) is 86.5 Å². The molecule has 0 bridgehead atoms. The van der Waals surface area contributed by atoms with Crippen LogP contribution in [0.25, 0.3) is 22.4 Å². The van der Waals surface area contributed by atoms with E-state index in [1.807, 2.05) is 0 Å². The highest BCUT2D eigenvalue weighted by molar-refractivity contribution is 5.74. The topological polar surface area (TPSA) is 15.8 Å². The van der Waals surface area contributed by atoms with Crippen LogP contribution in [0.5, 0.6) is 0 Å². The van der Waals surface area contributed by atoms with Crippen LogP contribution in [0.2, 0.25) is 0 Å². The van der Waals surface area contributed by atoms with Gasteiger partial charge in [0, 0.05) is 17.5 Å². The summed E-state index contributed by atoms with van der Waals surface area (Å²) in [5.74, 6) is 0.549. The maximum absolute atomic E-state index is 3.42. The number of benzene rings is 2. The highest BCUT2D eigenvalue weighted by Crippen LogP contribution is 2.30. The molecule has 1 aromatic heterocycles. The Labute approximate surface area is 126 Å². The van der Waals surface area contributed by atoms with Crippen LogP contribution in [-0.2, 0) is 0 Å². The molecular weight excluding hydrogens is 254 g/mol. The minimum atomic E-state index is 0.549. The van der Waals surface area contributed by atoms with E-state index in [1.54, 1.807) is 0 Å². The number of nitrogens with one attached hydrogen (secondary N) is 1. The number of aromatic amines is 1. The fraction of sp³-hybridized carbons (Fsp3) is 0.200. The molecule has 3 aromatic rings. The molecule has 2 aromatic carbocycles. The summed E-state index contributed by atoms with van der Waals surface area (Å²) in [4.78, 5) is 3.42. The van der Waals surface area contributed by atoms with Crippen LogP contribution in [0.4, 0.5) is 0 Å². The lowest BCUT2D eigenvalue weighted by atomic mass is 9.97. The Kier molecular flexibility index (Phi) is 3.66. The Bertz CT molecular complexity index is 736. The summed E-state index contributed by atoms with van der Waals surface area (Å²) in [6.07, 6.45) is 2.12. The Balaban J connectivity index is 2.05. The minimum absolute atomic E-state index is 0.549. The van der Waals surface area contributed by atoms with Crippen molar-refractivity contribution in [3.05, 3.63) is 71.9 Å². The molecule has 0 aliphatic carbocycles. The molecular formula is C20H21N. The molecule has 0 amide bonds. The Morgan fingerprint density at radius 2 is 1.62 bits per heavy atom. The summed E-state index contributed by atoms with van der Waals surface area (Å²) in [6.45, 7) is 6.61. The molecule has 0 saturated carbocycles. The third-order valence-corrected chi connectivity index (χ3v) is 4.01. The average molecular weight is 275 g/mol. The third kappa shape index (κ3) is 2.78. The average Bonchev–Trinajstić information content (AvgIpc) is 2.98. The van der Waals surface area contributed by atoms with Gasteiger partial charge >= 0.3 is 0 Å². The van der Waals surface area contributed by atoms with Crippen LogP contribution >= 0.6 is 0 Å². The minimum Gasteiger partial charge on any atom is -0.361 e. The largest absolute Gasteiger partial charge is 0.361 e. The fourth-order valence-electron chi connectivity index (χ4n) is 2.62. The summed E-state index contributed by atoms with van der Waals surface area (Å²) >= 11 is 0. The van der Waals surface area contributed by atoms with Crippen molar-refractivity contribution in [2.45, 2.75) is 26.7 Å². The van der Waals surface area contributed by atoms with E-state index in [4.69, 9.17) is 0 Å². The zero-order valence-electron chi connectivity index (χ0n) is 12.9. The summed E-state index contributed by atoms with van der Waals surface area (Å²) in [5, 5.41) is 0. The maximum Gasteiger partial charge on any atom is 0.0459 e. The second-order valence-electron chi connectivity index (χ2n) is 5.90. The van der Waals surface area contributed by atoms with Gasteiger partial charge in [0.1, 0.15) is 0 Å². The lowest BCUT2D eigenvalue weighted by molar-refractivity contribution is 0.869. The van der Waals surface area contributed by atoms with E-state index < -0.39 is 0 Å². The summed E-state index contributed by atoms with van der Waals surface area (Å²) in [7, 11) is 0. The predicted octanol–water partition coefficient (Wildman–Crippen LogP) is 5.78. The first-order chi connectivity index (χ1) is 10.1. The molecule has 0 radical (unpaired) electrons. The molecule has 0 saturated heterocycles. The van der Waals surface area contributed by atoms with Crippen molar-refractivity contribution in [3.8, 4) is 22.4 Å². The molecule has 1 nitrogen and oxygen atoms in total. The van der Waals surface area contributed by atoms with Gasteiger partial charge in [-0.2, -0.15) is 0 Å². The fourth-order valence-corrected chi connectivity index (χ4v) is 2.62. The maximum atomic E-state index is 3.42. The van der Waals surface area contributed by atoms with Crippen LogP contribution in [-0.4, -0.2) is 4.98 Å². The van der Waals surface area contributed by atoms with E-state index in [-0.39, 0.29) is 0 Å². The second kappa shape index (κ2) is 5.61. The van der Waals surface area contributed by atoms with Gasteiger partial charge in [0.2, 0.25) is 0 Å². The van der Waals surface area contributed by atoms with Gasteiger partial charge in [0.25, 0.3) is 0 Å². The Hall–Kier alpha value is -2.28. The van der Waals surface area contributed by atoms with Crippen LogP contribution in [0.3, 0.4) is 0 Å². The normalized spacial score (nSPS) is 11.0. The predicted molar refractivity (Wildman–Crippen MR) is 90.5 cm³/mol. The number of hydrogen-bond acceptors (Lipinski definition) is 0. The molecule has 0 aliphatic heterocycles. The van der Waals surface area contributed by atoms with Gasteiger partial charge in [-0.1, -0.05) is 56.3 Å². The second-order valence-corrected chi connectivity index (χ2v) is 5.90. The first-order valence-electron chi connectivity index (χ1n) is 7.50. The molecule has 1 N–H and O–H groups in total. The van der Waals surface area contributed by atoms with Crippen molar-refractivity contribution in [2.24, 2.45) is 0 Å². The Morgan fingerprint density at radius 3 is 2.29 bits per heavy atom. The zero-order chi connectivity index (χ0) is 14.8. The molecule has 1 heteroatoms. The Morgan fingerprint density at radius 1 is 0.857 bits per heavy atom. The van der Waals surface area contributed by atoms with Crippen molar-refractivity contribution in [1.82, 2.24) is 4.98 Å². The van der Waals surface area contributed by atoms with Gasteiger partial charge in [0.05, 0.1) is 0 Å². The van der Waals surface area contributed by atoms with Gasteiger partial charge in [0.15, 0.2) is 0 Å². The van der Waals surface area contributed by atoms with Gasteiger partial charge in [-0.25, -0.2) is 0 Å². The molecule has 0 aliphatic rings. The van der Waals surface area contributed by atoms with Crippen LogP contribution in [0.15, 0.2) is 60.8 Å². The number of aromatic nitrogens is 1. The summed E-state index contributed by atoms with van der Waals surface area (Å²) in [5.41, 5.74) is 7.66. The van der Waals surface area contributed by atoms with Crippen molar-refractivity contribution >= 4 is 0 Å². The molecule has 1 heterocycles. The van der Waals surface area contributed by atoms with Crippen molar-refractivity contribution in [1.29, 1.82) is 0 Å². The molecule has 3 rings (SSSR count).